The molecule has 1 fully saturated rings. The van der Waals surface area contributed by atoms with Crippen molar-refractivity contribution in [1.29, 1.82) is 0 Å². The maximum absolute atomic E-state index is 12.5. The van der Waals surface area contributed by atoms with Gasteiger partial charge in [0.25, 0.3) is 0 Å². The summed E-state index contributed by atoms with van der Waals surface area (Å²) in [7, 11) is 0. The third kappa shape index (κ3) is 3.32. The molecule has 1 amide bonds. The fraction of sp³-hybridized carbons (Fsp3) is 0.588. The standard InChI is InChI=1S/C17H25N3O.ClH/c1-12(17(21)19-13-6-2-3-7-13)20-11-5-8-14-15(18)9-4-10-16(14)20;/h4,9-10,12-13H,2-3,5-8,11,18H2,1H3,(H,19,21);1H. The molecule has 1 atom stereocenters. The second kappa shape index (κ2) is 7.23. The van der Waals surface area contributed by atoms with Crippen molar-refractivity contribution in [2.24, 2.45) is 0 Å². The molecule has 1 aliphatic heterocycles. The number of amides is 1. The zero-order chi connectivity index (χ0) is 14.8. The van der Waals surface area contributed by atoms with E-state index in [1.807, 2.05) is 19.1 Å². The number of hydrogen-bond donors (Lipinski definition) is 2. The fourth-order valence-corrected chi connectivity index (χ4v) is 3.62. The van der Waals surface area contributed by atoms with E-state index in [4.69, 9.17) is 5.73 Å². The summed E-state index contributed by atoms with van der Waals surface area (Å²) in [5.74, 6) is 0.150. The average molecular weight is 324 g/mol. The molecule has 0 aromatic heterocycles. The lowest BCUT2D eigenvalue weighted by atomic mass is 9.98. The highest BCUT2D eigenvalue weighted by Crippen LogP contribution is 2.32. The number of carbonyl (C=O) groups is 1. The van der Waals surface area contributed by atoms with Gasteiger partial charge < -0.3 is 16.0 Å². The van der Waals surface area contributed by atoms with Crippen LogP contribution in [0.2, 0.25) is 0 Å². The Labute approximate surface area is 138 Å². The van der Waals surface area contributed by atoms with Gasteiger partial charge in [0, 0.05) is 24.0 Å². The zero-order valence-electron chi connectivity index (χ0n) is 13.2. The van der Waals surface area contributed by atoms with Gasteiger partial charge in [-0.3, -0.25) is 4.79 Å². The molecule has 4 nitrogen and oxygen atoms in total. The molecule has 0 radical (unpaired) electrons. The maximum atomic E-state index is 12.5. The highest BCUT2D eigenvalue weighted by molar-refractivity contribution is 5.86. The van der Waals surface area contributed by atoms with Crippen molar-refractivity contribution in [2.75, 3.05) is 17.2 Å². The Morgan fingerprint density at radius 1 is 1.32 bits per heavy atom. The number of halogens is 1. The average Bonchev–Trinajstić information content (AvgIpc) is 2.99. The van der Waals surface area contributed by atoms with Gasteiger partial charge in [0.2, 0.25) is 5.91 Å². The monoisotopic (exact) mass is 323 g/mol. The number of benzene rings is 1. The first-order chi connectivity index (χ1) is 10.2. The van der Waals surface area contributed by atoms with Crippen LogP contribution in [0.25, 0.3) is 0 Å². The molecule has 22 heavy (non-hydrogen) atoms. The Morgan fingerprint density at radius 3 is 2.77 bits per heavy atom. The van der Waals surface area contributed by atoms with Gasteiger partial charge in [0.05, 0.1) is 0 Å². The van der Waals surface area contributed by atoms with E-state index < -0.39 is 0 Å². The van der Waals surface area contributed by atoms with Crippen LogP contribution in [0, 0.1) is 0 Å². The van der Waals surface area contributed by atoms with E-state index in [0.29, 0.717) is 6.04 Å². The number of nitrogens with zero attached hydrogens (tertiary/aromatic N) is 1. The number of nitrogens with two attached hydrogens (primary N) is 1. The molecule has 1 heterocycles. The molecule has 1 saturated carbocycles. The highest BCUT2D eigenvalue weighted by atomic mass is 35.5. The predicted molar refractivity (Wildman–Crippen MR) is 93.6 cm³/mol. The summed E-state index contributed by atoms with van der Waals surface area (Å²) < 4.78 is 0. The number of hydrogen-bond acceptors (Lipinski definition) is 3. The second-order valence-corrected chi connectivity index (χ2v) is 6.31. The topological polar surface area (TPSA) is 58.4 Å². The lowest BCUT2D eigenvalue weighted by Gasteiger charge is -2.36. The Hall–Kier alpha value is -1.42. The van der Waals surface area contributed by atoms with Gasteiger partial charge in [-0.1, -0.05) is 18.9 Å². The highest BCUT2D eigenvalue weighted by Gasteiger charge is 2.28. The van der Waals surface area contributed by atoms with Crippen LogP contribution in [0.1, 0.15) is 44.6 Å². The summed E-state index contributed by atoms with van der Waals surface area (Å²) in [6, 6.07) is 6.26. The smallest absolute Gasteiger partial charge is 0.242 e. The summed E-state index contributed by atoms with van der Waals surface area (Å²) >= 11 is 0. The number of nitrogen functional groups attached to an aromatic ring is 1. The summed E-state index contributed by atoms with van der Waals surface area (Å²) in [5, 5.41) is 3.21. The van der Waals surface area contributed by atoms with Crippen molar-refractivity contribution in [3.8, 4) is 0 Å². The van der Waals surface area contributed by atoms with Gasteiger partial charge in [-0.25, -0.2) is 0 Å². The molecular formula is C17H26ClN3O. The van der Waals surface area contributed by atoms with Crippen LogP contribution in [0.3, 0.4) is 0 Å². The second-order valence-electron chi connectivity index (χ2n) is 6.31. The Balaban J connectivity index is 0.00000176. The third-order valence-electron chi connectivity index (χ3n) is 4.87. The van der Waals surface area contributed by atoms with E-state index in [0.717, 1.165) is 43.6 Å². The van der Waals surface area contributed by atoms with Gasteiger partial charge in [0.15, 0.2) is 0 Å². The number of anilines is 2. The Morgan fingerprint density at radius 2 is 2.05 bits per heavy atom. The molecule has 0 spiro atoms. The Kier molecular flexibility index (Phi) is 5.57. The number of rotatable bonds is 3. The quantitative estimate of drug-likeness (QED) is 0.841. The van der Waals surface area contributed by atoms with Crippen molar-refractivity contribution in [2.45, 2.75) is 57.5 Å². The molecule has 0 saturated heterocycles. The van der Waals surface area contributed by atoms with Crippen LogP contribution in [0.15, 0.2) is 18.2 Å². The molecule has 1 aliphatic carbocycles. The van der Waals surface area contributed by atoms with Crippen LogP contribution in [-0.2, 0) is 11.2 Å². The fourth-order valence-electron chi connectivity index (χ4n) is 3.62. The molecule has 122 valence electrons. The number of nitrogens with one attached hydrogen (secondary N) is 1. The van der Waals surface area contributed by atoms with Crippen molar-refractivity contribution in [3.05, 3.63) is 23.8 Å². The number of carbonyl (C=O) groups excluding carboxylic acids is 1. The molecule has 3 N–H and O–H groups in total. The van der Waals surface area contributed by atoms with Crippen molar-refractivity contribution >= 4 is 29.7 Å². The zero-order valence-corrected chi connectivity index (χ0v) is 14.0. The van der Waals surface area contributed by atoms with Crippen molar-refractivity contribution < 1.29 is 4.79 Å². The molecule has 2 aliphatic rings. The van der Waals surface area contributed by atoms with Gasteiger partial charge in [0.1, 0.15) is 6.04 Å². The van der Waals surface area contributed by atoms with Gasteiger partial charge in [-0.05, 0) is 50.3 Å². The summed E-state index contributed by atoms with van der Waals surface area (Å²) in [6.45, 7) is 2.93. The van der Waals surface area contributed by atoms with E-state index >= 15 is 0 Å². The van der Waals surface area contributed by atoms with E-state index in [2.05, 4.69) is 16.3 Å². The van der Waals surface area contributed by atoms with Crippen LogP contribution >= 0.6 is 12.4 Å². The van der Waals surface area contributed by atoms with Gasteiger partial charge in [-0.15, -0.1) is 12.4 Å². The summed E-state index contributed by atoms with van der Waals surface area (Å²) in [5.41, 5.74) is 9.27. The van der Waals surface area contributed by atoms with Crippen LogP contribution in [-0.4, -0.2) is 24.5 Å². The van der Waals surface area contributed by atoms with Crippen LogP contribution in [0.5, 0.6) is 0 Å². The lowest BCUT2D eigenvalue weighted by molar-refractivity contribution is -0.122. The summed E-state index contributed by atoms with van der Waals surface area (Å²) in [6.07, 6.45) is 6.80. The van der Waals surface area contributed by atoms with Gasteiger partial charge >= 0.3 is 0 Å². The first-order valence-corrected chi connectivity index (χ1v) is 8.11. The Bertz CT molecular complexity index is 529. The van der Waals surface area contributed by atoms with Gasteiger partial charge in [-0.2, -0.15) is 0 Å². The normalized spacial score (nSPS) is 19.2. The van der Waals surface area contributed by atoms with E-state index in [1.54, 1.807) is 0 Å². The van der Waals surface area contributed by atoms with E-state index in [1.165, 1.54) is 18.4 Å². The lowest BCUT2D eigenvalue weighted by Crippen LogP contribution is -2.49. The van der Waals surface area contributed by atoms with E-state index in [9.17, 15) is 4.79 Å². The molecule has 5 heteroatoms. The number of fused-ring (bicyclic) bond motifs is 1. The third-order valence-corrected chi connectivity index (χ3v) is 4.87. The van der Waals surface area contributed by atoms with E-state index in [-0.39, 0.29) is 24.4 Å². The van der Waals surface area contributed by atoms with Crippen LogP contribution < -0.4 is 16.0 Å². The van der Waals surface area contributed by atoms with Crippen molar-refractivity contribution in [3.63, 3.8) is 0 Å². The SMILES string of the molecule is CC(C(=O)NC1CCCC1)N1CCCc2c(N)cccc21.Cl. The predicted octanol–water partition coefficient (Wildman–Crippen LogP) is 2.89. The maximum Gasteiger partial charge on any atom is 0.242 e. The molecule has 1 aromatic rings. The minimum atomic E-state index is -0.133. The minimum absolute atomic E-state index is 0. The molecule has 1 aromatic carbocycles. The molecule has 3 rings (SSSR count). The van der Waals surface area contributed by atoms with Crippen LogP contribution in [0.4, 0.5) is 11.4 Å². The first kappa shape index (κ1) is 16.9. The first-order valence-electron chi connectivity index (χ1n) is 8.11. The summed E-state index contributed by atoms with van der Waals surface area (Å²) in [4.78, 5) is 14.7. The largest absolute Gasteiger partial charge is 0.398 e. The molecule has 1 unspecified atom stereocenters. The molecule has 0 bridgehead atoms. The van der Waals surface area contributed by atoms with Crippen molar-refractivity contribution in [1.82, 2.24) is 5.32 Å². The molecular weight excluding hydrogens is 298 g/mol. The minimum Gasteiger partial charge on any atom is -0.398 e.